The molecule has 244 valence electrons. The number of amides is 3. The van der Waals surface area contributed by atoms with Crippen LogP contribution in [0.25, 0.3) is 11.0 Å². The van der Waals surface area contributed by atoms with Gasteiger partial charge in [-0.3, -0.25) is 19.2 Å². The average molecular weight is 631 g/mol. The minimum atomic E-state index is -1.08. The minimum Gasteiger partial charge on any atom is -0.466 e. The number of fused-ring (bicyclic) bond motifs is 3. The fourth-order valence-electron chi connectivity index (χ4n) is 7.22. The number of anilines is 1. The second-order valence-corrected chi connectivity index (χ2v) is 12.8. The second-order valence-electron chi connectivity index (χ2n) is 12.8. The number of aryl methyl sites for hydroxylation is 1. The number of furan rings is 1. The highest BCUT2D eigenvalue weighted by atomic mass is 16.5. The van der Waals surface area contributed by atoms with E-state index in [9.17, 15) is 24.0 Å². The van der Waals surface area contributed by atoms with Crippen LogP contribution in [0.5, 0.6) is 0 Å². The number of hydrogen-bond donors (Lipinski definition) is 3. The number of carbonyl (C=O) groups excluding carboxylic acids is 4. The Kier molecular flexibility index (Phi) is 10.1. The summed E-state index contributed by atoms with van der Waals surface area (Å²) in [6.45, 7) is 3.82. The van der Waals surface area contributed by atoms with Gasteiger partial charge in [0.05, 0.1) is 7.11 Å². The number of para-hydroxylation sites is 1. The van der Waals surface area contributed by atoms with Crippen molar-refractivity contribution < 1.29 is 28.3 Å². The molecule has 5 rings (SSSR count). The van der Waals surface area contributed by atoms with Crippen LogP contribution in [0.15, 0.2) is 64.0 Å². The molecule has 0 radical (unpaired) electrons. The highest BCUT2D eigenvalue weighted by Gasteiger charge is 2.42. The molecule has 3 N–H and O–H groups in total. The Morgan fingerprint density at radius 1 is 1.15 bits per heavy atom. The Hall–Kier alpha value is -4.67. The van der Waals surface area contributed by atoms with Crippen molar-refractivity contribution >= 4 is 40.3 Å². The molecule has 0 saturated heterocycles. The van der Waals surface area contributed by atoms with E-state index in [1.54, 1.807) is 31.2 Å². The van der Waals surface area contributed by atoms with Gasteiger partial charge < -0.3 is 29.7 Å². The van der Waals surface area contributed by atoms with Crippen molar-refractivity contribution in [3.05, 3.63) is 76.4 Å². The number of nitrogens with zero attached hydrogens (tertiary/aromatic N) is 1. The molecule has 3 unspecified atom stereocenters. The van der Waals surface area contributed by atoms with Crippen molar-refractivity contribution in [1.82, 2.24) is 15.2 Å². The Balaban J connectivity index is 1.29. The van der Waals surface area contributed by atoms with Crippen LogP contribution in [0, 0.1) is 18.8 Å². The number of esters is 1. The second kappa shape index (κ2) is 14.2. The normalized spacial score (nSPS) is 21.5. The van der Waals surface area contributed by atoms with Crippen molar-refractivity contribution in [1.29, 1.82) is 0 Å². The van der Waals surface area contributed by atoms with Crippen LogP contribution in [-0.4, -0.2) is 46.9 Å². The van der Waals surface area contributed by atoms with Crippen molar-refractivity contribution in [2.45, 2.75) is 83.3 Å². The molecule has 2 aliphatic carbocycles. The summed E-state index contributed by atoms with van der Waals surface area (Å²) < 4.78 is 11.7. The van der Waals surface area contributed by atoms with Gasteiger partial charge in [-0.15, -0.1) is 0 Å². The number of hydrogen-bond acceptors (Lipinski definition) is 7. The number of ether oxygens (including phenoxy) is 1. The van der Waals surface area contributed by atoms with Crippen LogP contribution < -0.4 is 21.5 Å². The molecule has 46 heavy (non-hydrogen) atoms. The minimum absolute atomic E-state index is 0.0215. The van der Waals surface area contributed by atoms with Gasteiger partial charge in [-0.2, -0.15) is 0 Å². The van der Waals surface area contributed by atoms with E-state index in [1.807, 2.05) is 12.1 Å². The van der Waals surface area contributed by atoms with Gasteiger partial charge >= 0.3 is 5.97 Å². The van der Waals surface area contributed by atoms with E-state index in [0.29, 0.717) is 23.0 Å². The number of rotatable bonds is 11. The monoisotopic (exact) mass is 630 g/mol. The van der Waals surface area contributed by atoms with Gasteiger partial charge in [0.25, 0.3) is 11.5 Å². The third kappa shape index (κ3) is 7.58. The maximum Gasteiger partial charge on any atom is 0.330 e. The van der Waals surface area contributed by atoms with Gasteiger partial charge in [-0.25, -0.2) is 4.79 Å². The quantitative estimate of drug-likeness (QED) is 0.207. The van der Waals surface area contributed by atoms with Crippen LogP contribution in [0.2, 0.25) is 0 Å². The molecule has 2 saturated carbocycles. The molecular formula is C35H42N4O7. The predicted octanol–water partition coefficient (Wildman–Crippen LogP) is 4.62. The third-order valence-corrected chi connectivity index (χ3v) is 9.17. The fourth-order valence-corrected chi connectivity index (χ4v) is 7.22. The zero-order valence-electron chi connectivity index (χ0n) is 26.6. The summed E-state index contributed by atoms with van der Waals surface area (Å²) >= 11 is 0. The highest BCUT2D eigenvalue weighted by Crippen LogP contribution is 2.45. The molecule has 2 bridgehead atoms. The number of pyridine rings is 1. The van der Waals surface area contributed by atoms with E-state index >= 15 is 0 Å². The van der Waals surface area contributed by atoms with Crippen LogP contribution in [0.4, 0.5) is 5.69 Å². The maximum absolute atomic E-state index is 13.5. The number of aromatic nitrogens is 1. The van der Waals surface area contributed by atoms with Gasteiger partial charge in [0.1, 0.15) is 23.9 Å². The van der Waals surface area contributed by atoms with E-state index in [0.717, 1.165) is 31.1 Å². The Bertz CT molecular complexity index is 1700. The van der Waals surface area contributed by atoms with Crippen LogP contribution in [0.3, 0.4) is 0 Å². The molecule has 1 aromatic carbocycles. The Morgan fingerprint density at radius 2 is 1.96 bits per heavy atom. The standard InChI is InChI=1S/C35H42N4O7/c1-22-18-24-10-8-16-35(19-22,20-24)38-29(40)21-39-17-9-13-27(34(39)44)37-32(42)26(12-5-7-15-30(41)45-3)36-33(43)31-23(2)25-11-4-6-14-28(25)46-31/h4,6-7,9,11,13-15,17,22,24,26H,5,8,10,12,16,18-21H2,1-3H3,(H,36,43)(H,37,42)(H,38,40)/b15-7+/t22?,24?,26-,35?/m0/s1. The van der Waals surface area contributed by atoms with Crippen molar-refractivity contribution in [2.75, 3.05) is 12.4 Å². The number of methoxy groups -OCH3 is 1. The molecule has 4 atom stereocenters. The third-order valence-electron chi connectivity index (χ3n) is 9.17. The fraction of sp³-hybridized carbons (Fsp3) is 0.457. The number of allylic oxidation sites excluding steroid dienone is 1. The predicted molar refractivity (Wildman–Crippen MR) is 173 cm³/mol. The first-order valence-electron chi connectivity index (χ1n) is 15.9. The maximum atomic E-state index is 13.5. The van der Waals surface area contributed by atoms with Crippen molar-refractivity contribution in [2.24, 2.45) is 11.8 Å². The number of nitrogens with one attached hydrogen (secondary N) is 3. The number of benzene rings is 1. The summed E-state index contributed by atoms with van der Waals surface area (Å²) in [5.41, 5.74) is 0.395. The van der Waals surface area contributed by atoms with Gasteiger partial charge in [-0.05, 0) is 75.5 Å². The summed E-state index contributed by atoms with van der Waals surface area (Å²) in [5.74, 6) is -0.749. The Labute approximate surface area is 267 Å². The summed E-state index contributed by atoms with van der Waals surface area (Å²) in [6, 6.07) is 9.21. The molecule has 0 aliphatic heterocycles. The first kappa shape index (κ1) is 32.7. The molecule has 2 fully saturated rings. The lowest BCUT2D eigenvalue weighted by Gasteiger charge is -2.48. The Morgan fingerprint density at radius 3 is 2.74 bits per heavy atom. The lowest BCUT2D eigenvalue weighted by atomic mass is 9.64. The van der Waals surface area contributed by atoms with Gasteiger partial charge in [0, 0.05) is 28.8 Å². The first-order valence-corrected chi connectivity index (χ1v) is 15.9. The molecule has 2 aromatic heterocycles. The molecule has 11 heteroatoms. The molecule has 11 nitrogen and oxygen atoms in total. The summed E-state index contributed by atoms with van der Waals surface area (Å²) in [6.07, 6.45) is 11.0. The molecule has 2 aliphatic rings. The van der Waals surface area contributed by atoms with Crippen LogP contribution >= 0.6 is 0 Å². The van der Waals surface area contributed by atoms with E-state index in [1.165, 1.54) is 42.9 Å². The lowest BCUT2D eigenvalue weighted by molar-refractivity contribution is -0.134. The van der Waals surface area contributed by atoms with Crippen molar-refractivity contribution in [3.8, 4) is 0 Å². The molecule has 2 heterocycles. The zero-order chi connectivity index (χ0) is 32.8. The van der Waals surface area contributed by atoms with E-state index in [4.69, 9.17) is 4.42 Å². The van der Waals surface area contributed by atoms with E-state index < -0.39 is 29.4 Å². The summed E-state index contributed by atoms with van der Waals surface area (Å²) in [7, 11) is 1.26. The van der Waals surface area contributed by atoms with Crippen LogP contribution in [0.1, 0.15) is 74.4 Å². The SMILES string of the molecule is COC(=O)/C=C/CC[C@H](NC(=O)c1oc2ccccc2c1C)C(=O)Nc1cccn(CC(=O)NC23CCCC(CC(C)C2)C3)c1=O. The van der Waals surface area contributed by atoms with E-state index in [2.05, 4.69) is 27.6 Å². The molecule has 3 aromatic rings. The number of carbonyl (C=O) groups is 4. The average Bonchev–Trinajstić information content (AvgIpc) is 3.36. The van der Waals surface area contributed by atoms with Crippen molar-refractivity contribution in [3.63, 3.8) is 0 Å². The summed E-state index contributed by atoms with van der Waals surface area (Å²) in [4.78, 5) is 64.9. The highest BCUT2D eigenvalue weighted by molar-refractivity contribution is 6.03. The summed E-state index contributed by atoms with van der Waals surface area (Å²) in [5, 5.41) is 9.40. The topological polar surface area (TPSA) is 149 Å². The first-order chi connectivity index (χ1) is 22.1. The van der Waals surface area contributed by atoms with Gasteiger partial charge in [0.15, 0.2) is 5.76 Å². The van der Waals surface area contributed by atoms with Gasteiger partial charge in [-0.1, -0.05) is 44.0 Å². The molecule has 3 amide bonds. The molecular weight excluding hydrogens is 588 g/mol. The van der Waals surface area contributed by atoms with Crippen LogP contribution in [-0.2, 0) is 25.7 Å². The lowest BCUT2D eigenvalue weighted by Crippen LogP contribution is -2.55. The van der Waals surface area contributed by atoms with Gasteiger partial charge in [0.2, 0.25) is 11.8 Å². The smallest absolute Gasteiger partial charge is 0.330 e. The molecule has 0 spiro atoms. The zero-order valence-corrected chi connectivity index (χ0v) is 26.6. The largest absolute Gasteiger partial charge is 0.466 e. The van der Waals surface area contributed by atoms with E-state index in [-0.39, 0.29) is 42.3 Å².